The van der Waals surface area contributed by atoms with E-state index in [0.717, 1.165) is 55.8 Å². The maximum absolute atomic E-state index is 12.4. The molecule has 0 radical (unpaired) electrons. The van der Waals surface area contributed by atoms with Crippen LogP contribution in [-0.2, 0) is 0 Å². The maximum atomic E-state index is 12.4. The van der Waals surface area contributed by atoms with E-state index >= 15 is 0 Å². The van der Waals surface area contributed by atoms with Crippen LogP contribution in [0.2, 0.25) is 0 Å². The fourth-order valence-corrected chi connectivity index (χ4v) is 8.71. The minimum Gasteiger partial charge on any atom is -0.393 e. The molecular formula is C25H41F3O. The molecule has 0 aromatic heterocycles. The summed E-state index contributed by atoms with van der Waals surface area (Å²) in [4.78, 5) is 0. The number of fused-ring (bicyclic) bond motifs is 5. The van der Waals surface area contributed by atoms with Crippen molar-refractivity contribution in [2.45, 2.75) is 116 Å². The molecular weight excluding hydrogens is 373 g/mol. The van der Waals surface area contributed by atoms with Crippen LogP contribution in [0.15, 0.2) is 0 Å². The van der Waals surface area contributed by atoms with E-state index in [1.165, 1.54) is 44.9 Å². The molecule has 1 N–H and O–H groups in total. The van der Waals surface area contributed by atoms with Gasteiger partial charge in [-0.05, 0) is 111 Å². The number of unbranched alkanes of at least 4 members (excludes halogenated alkanes) is 2. The lowest BCUT2D eigenvalue weighted by Gasteiger charge is -2.61. The Morgan fingerprint density at radius 2 is 1.55 bits per heavy atom. The Hall–Kier alpha value is -0.250. The van der Waals surface area contributed by atoms with Crippen LogP contribution in [0.4, 0.5) is 13.2 Å². The molecule has 0 spiro atoms. The zero-order valence-corrected chi connectivity index (χ0v) is 18.4. The second-order valence-corrected chi connectivity index (χ2v) is 11.6. The largest absolute Gasteiger partial charge is 0.393 e. The standard InChI is InChI=1S/C25H41F3O/c1-23-15-12-22-20(9-7-18-16-19(29)11-14-24(18,22)2)21(23)10-8-17(23)6-4-3-5-13-25(26,27)28/h17-22,29H,3-16H2,1-2H3. The number of aliphatic hydroxyl groups excluding tert-OH is 1. The Kier molecular flexibility index (Phi) is 6.08. The van der Waals surface area contributed by atoms with Crippen molar-refractivity contribution in [3.8, 4) is 0 Å². The average Bonchev–Trinajstić information content (AvgIpc) is 2.98. The van der Waals surface area contributed by atoms with Crippen LogP contribution in [0.25, 0.3) is 0 Å². The Morgan fingerprint density at radius 1 is 0.828 bits per heavy atom. The average molecular weight is 415 g/mol. The third-order valence-electron chi connectivity index (χ3n) is 10.3. The summed E-state index contributed by atoms with van der Waals surface area (Å²) < 4.78 is 37.1. The van der Waals surface area contributed by atoms with Crippen LogP contribution in [0, 0.1) is 40.4 Å². The lowest BCUT2D eigenvalue weighted by molar-refractivity contribution is -0.135. The van der Waals surface area contributed by atoms with E-state index in [0.29, 0.717) is 23.2 Å². The van der Waals surface area contributed by atoms with Gasteiger partial charge in [-0.3, -0.25) is 0 Å². The van der Waals surface area contributed by atoms with Gasteiger partial charge in [0.15, 0.2) is 0 Å². The highest BCUT2D eigenvalue weighted by molar-refractivity contribution is 5.09. The fraction of sp³-hybridized carbons (Fsp3) is 1.00. The van der Waals surface area contributed by atoms with Crippen molar-refractivity contribution in [1.29, 1.82) is 0 Å². The summed E-state index contributed by atoms with van der Waals surface area (Å²) in [5, 5.41) is 10.2. The topological polar surface area (TPSA) is 20.2 Å². The monoisotopic (exact) mass is 414 g/mol. The molecule has 4 fully saturated rings. The Bertz CT molecular complexity index is 575. The van der Waals surface area contributed by atoms with Gasteiger partial charge in [-0.1, -0.05) is 26.7 Å². The number of hydrogen-bond acceptors (Lipinski definition) is 1. The first-order valence-corrected chi connectivity index (χ1v) is 12.4. The maximum Gasteiger partial charge on any atom is 0.389 e. The zero-order chi connectivity index (χ0) is 20.9. The van der Waals surface area contributed by atoms with Crippen molar-refractivity contribution < 1.29 is 18.3 Å². The minimum atomic E-state index is -3.99. The summed E-state index contributed by atoms with van der Waals surface area (Å²) in [5.74, 6) is 3.93. The highest BCUT2D eigenvalue weighted by atomic mass is 19.4. The van der Waals surface area contributed by atoms with E-state index in [9.17, 15) is 18.3 Å². The van der Waals surface area contributed by atoms with E-state index in [1.54, 1.807) is 0 Å². The van der Waals surface area contributed by atoms with Crippen LogP contribution < -0.4 is 0 Å². The Labute approximate surface area is 175 Å². The van der Waals surface area contributed by atoms with Gasteiger partial charge in [0, 0.05) is 6.42 Å². The second kappa shape index (κ2) is 8.02. The molecule has 4 aliphatic carbocycles. The molecule has 8 unspecified atom stereocenters. The van der Waals surface area contributed by atoms with Crippen LogP contribution in [0.1, 0.15) is 104 Å². The van der Waals surface area contributed by atoms with Crippen LogP contribution in [0.3, 0.4) is 0 Å². The van der Waals surface area contributed by atoms with E-state index in [-0.39, 0.29) is 6.10 Å². The molecule has 1 nitrogen and oxygen atoms in total. The quantitative estimate of drug-likeness (QED) is 0.461. The molecule has 4 aliphatic rings. The Balaban J connectivity index is 1.36. The molecule has 4 heteroatoms. The molecule has 0 bridgehead atoms. The van der Waals surface area contributed by atoms with Gasteiger partial charge in [0.1, 0.15) is 0 Å². The molecule has 8 atom stereocenters. The third kappa shape index (κ3) is 4.13. The van der Waals surface area contributed by atoms with E-state index in [1.807, 2.05) is 0 Å². The molecule has 0 aromatic carbocycles. The lowest BCUT2D eigenvalue weighted by Crippen LogP contribution is -2.53. The summed E-state index contributed by atoms with van der Waals surface area (Å²) in [7, 11) is 0. The smallest absolute Gasteiger partial charge is 0.389 e. The first-order valence-electron chi connectivity index (χ1n) is 12.4. The molecule has 29 heavy (non-hydrogen) atoms. The first kappa shape index (κ1) is 22.0. The minimum absolute atomic E-state index is 0.0771. The molecule has 0 aromatic rings. The summed E-state index contributed by atoms with van der Waals surface area (Å²) in [6.45, 7) is 5.07. The van der Waals surface area contributed by atoms with Gasteiger partial charge >= 0.3 is 6.18 Å². The zero-order valence-electron chi connectivity index (χ0n) is 18.4. The predicted molar refractivity (Wildman–Crippen MR) is 110 cm³/mol. The van der Waals surface area contributed by atoms with E-state index < -0.39 is 12.6 Å². The summed E-state index contributed by atoms with van der Waals surface area (Å²) >= 11 is 0. The van der Waals surface area contributed by atoms with Gasteiger partial charge in [0.2, 0.25) is 0 Å². The van der Waals surface area contributed by atoms with Crippen molar-refractivity contribution in [2.75, 3.05) is 0 Å². The highest BCUT2D eigenvalue weighted by Crippen LogP contribution is 2.67. The molecule has 4 rings (SSSR count). The number of alkyl halides is 3. The van der Waals surface area contributed by atoms with Gasteiger partial charge in [-0.15, -0.1) is 0 Å². The third-order valence-corrected chi connectivity index (χ3v) is 10.3. The van der Waals surface area contributed by atoms with Crippen LogP contribution in [-0.4, -0.2) is 17.4 Å². The van der Waals surface area contributed by atoms with Crippen molar-refractivity contribution in [3.05, 3.63) is 0 Å². The SMILES string of the molecule is CC12CCC3C(CCC4CC(O)CCC43C)C1CCC2CCCCCC(F)(F)F. The lowest BCUT2D eigenvalue weighted by atomic mass is 9.44. The summed E-state index contributed by atoms with van der Waals surface area (Å²) in [5.41, 5.74) is 0.849. The number of rotatable bonds is 5. The van der Waals surface area contributed by atoms with Crippen molar-refractivity contribution in [3.63, 3.8) is 0 Å². The number of halogens is 3. The Morgan fingerprint density at radius 3 is 2.31 bits per heavy atom. The second-order valence-electron chi connectivity index (χ2n) is 11.6. The van der Waals surface area contributed by atoms with Gasteiger partial charge in [-0.2, -0.15) is 13.2 Å². The molecule has 0 heterocycles. The van der Waals surface area contributed by atoms with Gasteiger partial charge in [0.25, 0.3) is 0 Å². The molecule has 0 saturated heterocycles. The van der Waals surface area contributed by atoms with Crippen LogP contribution >= 0.6 is 0 Å². The fourth-order valence-electron chi connectivity index (χ4n) is 8.71. The van der Waals surface area contributed by atoms with E-state index in [2.05, 4.69) is 13.8 Å². The highest BCUT2D eigenvalue weighted by Gasteiger charge is 2.59. The van der Waals surface area contributed by atoms with Gasteiger partial charge in [0.05, 0.1) is 6.10 Å². The van der Waals surface area contributed by atoms with Crippen LogP contribution in [0.5, 0.6) is 0 Å². The number of aliphatic hydroxyl groups is 1. The molecule has 4 saturated carbocycles. The van der Waals surface area contributed by atoms with Gasteiger partial charge < -0.3 is 5.11 Å². The van der Waals surface area contributed by atoms with E-state index in [4.69, 9.17) is 0 Å². The molecule has 0 aliphatic heterocycles. The summed E-state index contributed by atoms with van der Waals surface area (Å²) in [6.07, 6.45) is 9.57. The van der Waals surface area contributed by atoms with Crippen molar-refractivity contribution in [1.82, 2.24) is 0 Å². The number of hydrogen-bond donors (Lipinski definition) is 1. The van der Waals surface area contributed by atoms with Gasteiger partial charge in [-0.25, -0.2) is 0 Å². The summed E-state index contributed by atoms with van der Waals surface area (Å²) in [6, 6.07) is 0. The molecule has 0 amide bonds. The van der Waals surface area contributed by atoms with Crippen molar-refractivity contribution in [2.24, 2.45) is 40.4 Å². The predicted octanol–water partition coefficient (Wildman–Crippen LogP) is 7.52. The first-order chi connectivity index (χ1) is 13.6. The molecule has 168 valence electrons. The van der Waals surface area contributed by atoms with Crippen molar-refractivity contribution >= 4 is 0 Å². The normalized spacial score (nSPS) is 47.4.